The van der Waals surface area contributed by atoms with Crippen molar-refractivity contribution in [2.45, 2.75) is 0 Å². The minimum atomic E-state index is 1.05. The van der Waals surface area contributed by atoms with Crippen LogP contribution in [0.15, 0.2) is 60.8 Å². The summed E-state index contributed by atoms with van der Waals surface area (Å²) in [5, 5.41) is 8.30. The average Bonchev–Trinajstić information content (AvgIpc) is 2.73. The van der Waals surface area contributed by atoms with E-state index in [2.05, 4.69) is 47.6 Å². The Hall–Kier alpha value is -2.35. The Kier molecular flexibility index (Phi) is 1.59. The second-order valence-electron chi connectivity index (χ2n) is 4.25. The molecule has 0 fully saturated rings. The largest absolute Gasteiger partial charge is 0.240 e. The topological polar surface area (TPSA) is 17.3 Å². The minimum absolute atomic E-state index is 1.05. The number of fused-ring (bicyclic) bond motifs is 4. The number of pyridine rings is 1. The Morgan fingerprint density at radius 3 is 2.47 bits per heavy atom. The van der Waals surface area contributed by atoms with Gasteiger partial charge in [-0.05, 0) is 35.0 Å². The first kappa shape index (κ1) is 8.76. The SMILES string of the molecule is c1ccc2cc3c(cc2c1)nn1ccccc31. The molecule has 0 aliphatic heterocycles. The van der Waals surface area contributed by atoms with Gasteiger partial charge < -0.3 is 0 Å². The van der Waals surface area contributed by atoms with Crippen molar-refractivity contribution < 1.29 is 0 Å². The first-order valence-corrected chi connectivity index (χ1v) is 5.68. The molecule has 0 N–H and O–H groups in total. The van der Waals surface area contributed by atoms with Gasteiger partial charge in [-0.3, -0.25) is 0 Å². The number of rotatable bonds is 0. The summed E-state index contributed by atoms with van der Waals surface area (Å²) in [7, 11) is 0. The van der Waals surface area contributed by atoms with Crippen molar-refractivity contribution in [3.63, 3.8) is 0 Å². The van der Waals surface area contributed by atoms with E-state index < -0.39 is 0 Å². The van der Waals surface area contributed by atoms with E-state index in [1.165, 1.54) is 16.2 Å². The zero-order valence-corrected chi connectivity index (χ0v) is 9.17. The molecule has 80 valence electrons. The van der Waals surface area contributed by atoms with Crippen molar-refractivity contribution >= 4 is 27.2 Å². The Bertz CT molecular complexity index is 837. The van der Waals surface area contributed by atoms with Crippen LogP contribution in [-0.2, 0) is 0 Å². The van der Waals surface area contributed by atoms with E-state index >= 15 is 0 Å². The van der Waals surface area contributed by atoms with Gasteiger partial charge in [-0.2, -0.15) is 5.10 Å². The Morgan fingerprint density at radius 2 is 1.59 bits per heavy atom. The molecule has 0 aliphatic carbocycles. The van der Waals surface area contributed by atoms with Crippen molar-refractivity contribution in [1.82, 2.24) is 9.61 Å². The van der Waals surface area contributed by atoms with Gasteiger partial charge in [0.2, 0.25) is 0 Å². The zero-order chi connectivity index (χ0) is 11.2. The molecule has 0 unspecified atom stereocenters. The lowest BCUT2D eigenvalue weighted by atomic mass is 10.1. The van der Waals surface area contributed by atoms with Gasteiger partial charge in [0.25, 0.3) is 0 Å². The molecule has 0 atom stereocenters. The summed E-state index contributed by atoms with van der Waals surface area (Å²) in [6.07, 6.45) is 1.99. The highest BCUT2D eigenvalue weighted by atomic mass is 15.2. The van der Waals surface area contributed by atoms with Crippen molar-refractivity contribution in [2.24, 2.45) is 0 Å². The van der Waals surface area contributed by atoms with Crippen LogP contribution in [0.5, 0.6) is 0 Å². The van der Waals surface area contributed by atoms with Crippen molar-refractivity contribution in [2.75, 3.05) is 0 Å². The number of hydrogen-bond acceptors (Lipinski definition) is 1. The maximum atomic E-state index is 4.58. The molecule has 0 saturated heterocycles. The first-order chi connectivity index (χ1) is 8.42. The predicted octanol–water partition coefficient (Wildman–Crippen LogP) is 3.64. The van der Waals surface area contributed by atoms with E-state index in [0.717, 1.165) is 11.0 Å². The minimum Gasteiger partial charge on any atom is -0.240 e. The summed E-state index contributed by atoms with van der Waals surface area (Å²) in [4.78, 5) is 0. The molecule has 2 heterocycles. The van der Waals surface area contributed by atoms with Crippen LogP contribution in [0.3, 0.4) is 0 Å². The highest BCUT2D eigenvalue weighted by Crippen LogP contribution is 2.25. The summed E-state index contributed by atoms with van der Waals surface area (Å²) in [6, 6.07) is 18.9. The fourth-order valence-electron chi connectivity index (χ4n) is 2.37. The summed E-state index contributed by atoms with van der Waals surface area (Å²) in [6.45, 7) is 0. The summed E-state index contributed by atoms with van der Waals surface area (Å²) < 4.78 is 1.93. The van der Waals surface area contributed by atoms with E-state index in [0.29, 0.717) is 0 Å². The second-order valence-corrected chi connectivity index (χ2v) is 4.25. The van der Waals surface area contributed by atoms with Gasteiger partial charge in [-0.1, -0.05) is 30.3 Å². The number of benzene rings is 2. The Balaban J connectivity index is 2.28. The molecule has 0 radical (unpaired) electrons. The van der Waals surface area contributed by atoms with Gasteiger partial charge in [-0.15, -0.1) is 0 Å². The van der Waals surface area contributed by atoms with Crippen molar-refractivity contribution in [1.29, 1.82) is 0 Å². The monoisotopic (exact) mass is 218 g/mol. The van der Waals surface area contributed by atoms with Gasteiger partial charge in [-0.25, -0.2) is 4.52 Å². The average molecular weight is 218 g/mol. The number of aromatic nitrogens is 2. The van der Waals surface area contributed by atoms with Gasteiger partial charge in [0.05, 0.1) is 11.0 Å². The molecule has 2 aromatic heterocycles. The molecule has 2 nitrogen and oxygen atoms in total. The van der Waals surface area contributed by atoms with E-state index in [4.69, 9.17) is 0 Å². The first-order valence-electron chi connectivity index (χ1n) is 5.68. The molecule has 0 aliphatic rings. The molecular weight excluding hydrogens is 208 g/mol. The van der Waals surface area contributed by atoms with E-state index in [1.54, 1.807) is 0 Å². The fourth-order valence-corrected chi connectivity index (χ4v) is 2.37. The van der Waals surface area contributed by atoms with Gasteiger partial charge in [0.15, 0.2) is 0 Å². The third-order valence-corrected chi connectivity index (χ3v) is 3.19. The molecule has 4 rings (SSSR count). The van der Waals surface area contributed by atoms with Crippen LogP contribution >= 0.6 is 0 Å². The summed E-state index contributed by atoms with van der Waals surface area (Å²) in [5.74, 6) is 0. The summed E-state index contributed by atoms with van der Waals surface area (Å²) >= 11 is 0. The standard InChI is InChI=1S/C15H10N2/c1-2-6-12-10-14-13(9-11(12)5-1)15-7-3-4-8-17(15)16-14/h1-10H. The third-order valence-electron chi connectivity index (χ3n) is 3.19. The van der Waals surface area contributed by atoms with Crippen LogP contribution in [0.2, 0.25) is 0 Å². The quantitative estimate of drug-likeness (QED) is 0.440. The van der Waals surface area contributed by atoms with E-state index in [-0.39, 0.29) is 0 Å². The van der Waals surface area contributed by atoms with Crippen LogP contribution in [-0.4, -0.2) is 9.61 Å². The molecule has 0 spiro atoms. The number of nitrogens with zero attached hydrogens (tertiary/aromatic N) is 2. The Morgan fingerprint density at radius 1 is 0.824 bits per heavy atom. The summed E-state index contributed by atoms with van der Waals surface area (Å²) in [5.41, 5.74) is 2.21. The van der Waals surface area contributed by atoms with Crippen molar-refractivity contribution in [3.05, 3.63) is 60.8 Å². The third kappa shape index (κ3) is 1.18. The van der Waals surface area contributed by atoms with Crippen LogP contribution in [0.1, 0.15) is 0 Å². The smallest absolute Gasteiger partial charge is 0.0940 e. The maximum absolute atomic E-state index is 4.58. The van der Waals surface area contributed by atoms with Crippen molar-refractivity contribution in [3.8, 4) is 0 Å². The lowest BCUT2D eigenvalue weighted by Crippen LogP contribution is -1.82. The maximum Gasteiger partial charge on any atom is 0.0940 e. The molecule has 0 bridgehead atoms. The lowest BCUT2D eigenvalue weighted by molar-refractivity contribution is 0.982. The van der Waals surface area contributed by atoms with Crippen LogP contribution < -0.4 is 0 Å². The van der Waals surface area contributed by atoms with Gasteiger partial charge in [0.1, 0.15) is 0 Å². The molecule has 2 heteroatoms. The highest BCUT2D eigenvalue weighted by Gasteiger charge is 2.05. The van der Waals surface area contributed by atoms with E-state index in [1.807, 2.05) is 22.8 Å². The number of hydrogen-bond donors (Lipinski definition) is 0. The normalized spacial score (nSPS) is 11.5. The molecular formula is C15H10N2. The molecule has 0 amide bonds. The fraction of sp³-hybridized carbons (Fsp3) is 0. The van der Waals surface area contributed by atoms with Crippen LogP contribution in [0.25, 0.3) is 27.2 Å². The molecule has 0 saturated carbocycles. The Labute approximate surface area is 98.1 Å². The molecule has 17 heavy (non-hydrogen) atoms. The predicted molar refractivity (Wildman–Crippen MR) is 70.2 cm³/mol. The van der Waals surface area contributed by atoms with Crippen LogP contribution in [0.4, 0.5) is 0 Å². The van der Waals surface area contributed by atoms with Gasteiger partial charge >= 0.3 is 0 Å². The second kappa shape index (κ2) is 3.08. The van der Waals surface area contributed by atoms with E-state index in [9.17, 15) is 0 Å². The lowest BCUT2D eigenvalue weighted by Gasteiger charge is -1.96. The van der Waals surface area contributed by atoms with Gasteiger partial charge in [0, 0.05) is 11.6 Å². The highest BCUT2D eigenvalue weighted by molar-refractivity contribution is 6.03. The molecule has 4 aromatic rings. The molecule has 2 aromatic carbocycles. The van der Waals surface area contributed by atoms with Crippen LogP contribution in [0, 0.1) is 0 Å². The zero-order valence-electron chi connectivity index (χ0n) is 9.17.